The Kier molecular flexibility index (Phi) is 18.1. The number of benzene rings is 4. The molecule has 0 atom stereocenters. The van der Waals surface area contributed by atoms with Crippen molar-refractivity contribution in [1.29, 1.82) is 0 Å². The fraction of sp³-hybridized carbons (Fsp3) is 0. The number of nitrogens with one attached hydrogen (secondary N) is 2. The molecule has 0 fully saturated rings. The van der Waals surface area contributed by atoms with Crippen LogP contribution in [0.2, 0.25) is 0 Å². The molecule has 0 saturated carbocycles. The van der Waals surface area contributed by atoms with Gasteiger partial charge >= 0.3 is 19.8 Å². The number of para-hydroxylation sites is 2. The second-order valence-corrected chi connectivity index (χ2v) is 10.8. The SMILES string of the molecule is O=[N+]([O-])[O-].[Ga+3].[S-]C(=Nc1ccccc1)N/N=C(\c1ccccc1)c1ccccn1.[S-]C(=Nc1ccccc1)N/N=C(\c1ccccc1)c1ccccn1. The molecule has 53 heavy (non-hydrogen) atoms. The Balaban J connectivity index is 0.000000255. The van der Waals surface area contributed by atoms with Gasteiger partial charge in [0.25, 0.3) is 0 Å². The van der Waals surface area contributed by atoms with Crippen molar-refractivity contribution in [2.75, 3.05) is 0 Å². The Bertz CT molecular complexity index is 1850. The van der Waals surface area contributed by atoms with Crippen LogP contribution in [0, 0.1) is 15.3 Å². The molecule has 0 amide bonds. The van der Waals surface area contributed by atoms with E-state index < -0.39 is 5.09 Å². The molecule has 0 aliphatic heterocycles. The minimum absolute atomic E-state index is 0. The van der Waals surface area contributed by atoms with Gasteiger partial charge in [-0.25, -0.2) is 0 Å². The number of hydrazone groups is 2. The zero-order chi connectivity index (χ0) is 36.8. The molecule has 2 N–H and O–H groups in total. The average Bonchev–Trinajstić information content (AvgIpc) is 3.18. The number of amidine groups is 2. The van der Waals surface area contributed by atoms with Crippen molar-refractivity contribution in [3.63, 3.8) is 0 Å². The van der Waals surface area contributed by atoms with E-state index in [1.165, 1.54) is 0 Å². The van der Waals surface area contributed by atoms with Crippen LogP contribution < -0.4 is 10.9 Å². The van der Waals surface area contributed by atoms with E-state index in [-0.39, 0.29) is 19.8 Å². The summed E-state index contributed by atoms with van der Waals surface area (Å²) in [5.74, 6) is 0. The molecule has 2 aromatic heterocycles. The van der Waals surface area contributed by atoms with Crippen LogP contribution in [0.1, 0.15) is 22.5 Å². The van der Waals surface area contributed by atoms with Crippen LogP contribution in [0.15, 0.2) is 190 Å². The summed E-state index contributed by atoms with van der Waals surface area (Å²) < 4.78 is 0. The van der Waals surface area contributed by atoms with Crippen LogP contribution in [0.4, 0.5) is 11.4 Å². The standard InChI is InChI=1S/2C19H16N4S.Ga.NO3/c2*24-19(21-16-11-5-2-6-12-16)23-22-18(15-9-3-1-4-10-15)17-13-7-8-14-20-17;;2-1(3)4/h2*1-14H,(H2,21,23,24);;/q;;+3;-1/p-2/b2*22-18+;;. The van der Waals surface area contributed by atoms with E-state index in [0.717, 1.165) is 33.9 Å². The molecule has 0 bridgehead atoms. The molecule has 0 radical (unpaired) electrons. The van der Waals surface area contributed by atoms with Gasteiger partial charge in [0.1, 0.15) is 11.4 Å². The fourth-order valence-corrected chi connectivity index (χ4v) is 4.54. The predicted octanol–water partition coefficient (Wildman–Crippen LogP) is 6.70. The third kappa shape index (κ3) is 15.3. The van der Waals surface area contributed by atoms with E-state index in [9.17, 15) is 0 Å². The van der Waals surface area contributed by atoms with Crippen LogP contribution in [0.5, 0.6) is 0 Å². The van der Waals surface area contributed by atoms with Crippen LogP contribution in [0.25, 0.3) is 0 Å². The van der Waals surface area contributed by atoms with Crippen LogP contribution in [0.3, 0.4) is 0 Å². The zero-order valence-electron chi connectivity index (χ0n) is 27.9. The fourth-order valence-electron chi connectivity index (χ4n) is 4.23. The maximum Gasteiger partial charge on any atom is 3.00 e. The Morgan fingerprint density at radius 2 is 0.811 bits per heavy atom. The number of hydrogen-bond donors (Lipinski definition) is 2. The predicted molar refractivity (Wildman–Crippen MR) is 217 cm³/mol. The normalized spacial score (nSPS) is 11.3. The van der Waals surface area contributed by atoms with E-state index in [1.807, 2.05) is 158 Å². The monoisotopic (exact) mass is 793 g/mol. The topological polar surface area (TPSA) is 165 Å². The Morgan fingerprint density at radius 1 is 0.509 bits per heavy atom. The number of pyridine rings is 2. The second-order valence-electron chi connectivity index (χ2n) is 10.0. The van der Waals surface area contributed by atoms with Crippen LogP contribution in [-0.4, -0.2) is 56.6 Å². The van der Waals surface area contributed by atoms with Gasteiger partial charge in [-0.1, -0.05) is 109 Å². The number of aromatic nitrogens is 2. The third-order valence-corrected chi connectivity index (χ3v) is 6.77. The van der Waals surface area contributed by atoms with Crippen molar-refractivity contribution in [3.05, 3.63) is 208 Å². The van der Waals surface area contributed by atoms with Crippen molar-refractivity contribution in [2.24, 2.45) is 20.2 Å². The molecule has 0 spiro atoms. The Hall–Kier alpha value is -6.26. The molecular weight excluding hydrogens is 764 g/mol. The molecule has 0 saturated heterocycles. The van der Waals surface area contributed by atoms with Crippen LogP contribution in [-0.2, 0) is 25.3 Å². The molecular formula is C38H30GaN9O3S2. The summed E-state index contributed by atoms with van der Waals surface area (Å²) in [5, 5.41) is 24.2. The minimum Gasteiger partial charge on any atom is -0.741 e. The molecule has 260 valence electrons. The van der Waals surface area contributed by atoms with E-state index in [1.54, 1.807) is 12.4 Å². The first-order valence-electron chi connectivity index (χ1n) is 15.4. The first-order chi connectivity index (χ1) is 25.4. The maximum atomic E-state index is 8.25. The van der Waals surface area contributed by atoms with E-state index in [2.05, 4.69) is 41.0 Å². The van der Waals surface area contributed by atoms with Gasteiger partial charge in [0.05, 0.1) is 27.8 Å². The Morgan fingerprint density at radius 3 is 1.11 bits per heavy atom. The molecule has 0 aliphatic rings. The van der Waals surface area contributed by atoms with Crippen molar-refractivity contribution in [2.45, 2.75) is 0 Å². The number of aliphatic imine (C=N–C) groups is 2. The molecule has 15 heteroatoms. The van der Waals surface area contributed by atoms with Gasteiger partial charge in [-0.05, 0) is 48.5 Å². The quantitative estimate of drug-likeness (QED) is 0.0426. The first-order valence-corrected chi connectivity index (χ1v) is 16.2. The van der Waals surface area contributed by atoms with Gasteiger partial charge in [-0.3, -0.25) is 30.8 Å². The zero-order valence-corrected chi connectivity index (χ0v) is 32.0. The Labute approximate surface area is 330 Å². The summed E-state index contributed by atoms with van der Waals surface area (Å²) in [4.78, 5) is 25.6. The first kappa shape index (κ1) is 41.2. The summed E-state index contributed by atoms with van der Waals surface area (Å²) in [6, 6.07) is 50.1. The van der Waals surface area contributed by atoms with Gasteiger partial charge in [0, 0.05) is 33.9 Å². The largest absolute Gasteiger partial charge is 3.00 e. The van der Waals surface area contributed by atoms with Gasteiger partial charge < -0.3 is 40.6 Å². The minimum atomic E-state index is -1.75. The van der Waals surface area contributed by atoms with Crippen molar-refractivity contribution < 1.29 is 5.09 Å². The van der Waals surface area contributed by atoms with Gasteiger partial charge in [0.15, 0.2) is 0 Å². The van der Waals surface area contributed by atoms with Crippen molar-refractivity contribution in [1.82, 2.24) is 20.8 Å². The van der Waals surface area contributed by atoms with Gasteiger partial charge in [0.2, 0.25) is 0 Å². The maximum absolute atomic E-state index is 8.25. The summed E-state index contributed by atoms with van der Waals surface area (Å²) in [7, 11) is 0. The smallest absolute Gasteiger partial charge is 0.741 e. The van der Waals surface area contributed by atoms with Crippen molar-refractivity contribution >= 4 is 78.2 Å². The molecule has 0 unspecified atom stereocenters. The number of rotatable bonds is 8. The molecule has 12 nitrogen and oxygen atoms in total. The van der Waals surface area contributed by atoms with E-state index >= 15 is 0 Å². The van der Waals surface area contributed by atoms with Crippen molar-refractivity contribution in [3.8, 4) is 0 Å². The second kappa shape index (κ2) is 23.3. The molecule has 0 aliphatic carbocycles. The average molecular weight is 795 g/mol. The summed E-state index contributed by atoms with van der Waals surface area (Å²) >= 11 is 10.5. The number of hydrogen-bond acceptors (Lipinski definition) is 11. The van der Waals surface area contributed by atoms with E-state index in [4.69, 9.17) is 40.6 Å². The third-order valence-electron chi connectivity index (χ3n) is 6.41. The summed E-state index contributed by atoms with van der Waals surface area (Å²) in [5.41, 5.74) is 12.1. The molecule has 4 aromatic carbocycles. The molecule has 2 heterocycles. The summed E-state index contributed by atoms with van der Waals surface area (Å²) in [6.45, 7) is 0. The van der Waals surface area contributed by atoms with E-state index in [0.29, 0.717) is 21.8 Å². The summed E-state index contributed by atoms with van der Waals surface area (Å²) in [6.07, 6.45) is 3.47. The number of nitrogens with zero attached hydrogens (tertiary/aromatic N) is 7. The molecule has 6 rings (SSSR count). The van der Waals surface area contributed by atoms with Crippen LogP contribution >= 0.6 is 0 Å². The molecule has 6 aromatic rings. The van der Waals surface area contributed by atoms with Gasteiger partial charge in [-0.15, -0.1) is 0 Å². The van der Waals surface area contributed by atoms with Gasteiger partial charge in [-0.2, -0.15) is 10.2 Å².